The van der Waals surface area contributed by atoms with E-state index in [1.807, 2.05) is 27.7 Å². The minimum atomic E-state index is -3.85. The summed E-state index contributed by atoms with van der Waals surface area (Å²) in [5.41, 5.74) is 2.19. The molecule has 0 radical (unpaired) electrons. The lowest BCUT2D eigenvalue weighted by Crippen LogP contribution is -2.21. The second-order valence-corrected chi connectivity index (χ2v) is 11.3. The van der Waals surface area contributed by atoms with Crippen LogP contribution in [-0.4, -0.2) is 25.1 Å². The van der Waals surface area contributed by atoms with Gasteiger partial charge in [0.1, 0.15) is 11.6 Å². The van der Waals surface area contributed by atoms with Crippen LogP contribution >= 0.6 is 0 Å². The van der Waals surface area contributed by atoms with E-state index >= 15 is 0 Å². The SMILES string of the molecule is Cc1cc(C(C)(C)O)ccc1S(=O)(=O)CC(=O)Cc1c(C(C)C)cc(F)cc1C(C)C. The highest BCUT2D eigenvalue weighted by Gasteiger charge is 2.26. The van der Waals surface area contributed by atoms with Crippen LogP contribution in [0.15, 0.2) is 35.2 Å². The number of halogens is 1. The molecule has 1 N–H and O–H groups in total. The fraction of sp³-hybridized carbons (Fsp3) is 0.480. The van der Waals surface area contributed by atoms with Crippen molar-refractivity contribution in [1.29, 1.82) is 0 Å². The Labute approximate surface area is 185 Å². The fourth-order valence-electron chi connectivity index (χ4n) is 3.83. The van der Waals surface area contributed by atoms with E-state index in [1.165, 1.54) is 18.2 Å². The standard InChI is InChI=1S/C25H33FO4S/c1-15(2)21-11-19(26)12-22(16(3)4)23(21)13-20(27)14-31(29,30)24-9-8-18(10-17(24)5)25(6,7)28/h8-12,15-16,28H,13-14H2,1-7H3. The molecule has 0 amide bonds. The van der Waals surface area contributed by atoms with Crippen molar-refractivity contribution in [2.24, 2.45) is 0 Å². The van der Waals surface area contributed by atoms with Crippen LogP contribution in [0.1, 0.15) is 81.2 Å². The zero-order valence-corrected chi connectivity index (χ0v) is 20.2. The zero-order chi connectivity index (χ0) is 23.7. The predicted molar refractivity (Wildman–Crippen MR) is 122 cm³/mol. The number of carbonyl (C=O) groups excluding carboxylic acids is 1. The second kappa shape index (κ2) is 9.21. The van der Waals surface area contributed by atoms with Gasteiger partial charge in [-0.1, -0.05) is 39.8 Å². The number of ketones is 1. The largest absolute Gasteiger partial charge is 0.386 e. The van der Waals surface area contributed by atoms with Crippen LogP contribution < -0.4 is 0 Å². The number of aryl methyl sites for hydroxylation is 1. The van der Waals surface area contributed by atoms with E-state index in [0.29, 0.717) is 11.1 Å². The minimum absolute atomic E-state index is 0.00392. The topological polar surface area (TPSA) is 71.4 Å². The van der Waals surface area contributed by atoms with Crippen molar-refractivity contribution in [1.82, 2.24) is 0 Å². The van der Waals surface area contributed by atoms with Gasteiger partial charge in [0.15, 0.2) is 15.6 Å². The van der Waals surface area contributed by atoms with Crippen LogP contribution in [0.2, 0.25) is 0 Å². The Bertz CT molecular complexity index is 1050. The van der Waals surface area contributed by atoms with Crippen LogP contribution in [0.3, 0.4) is 0 Å². The quantitative estimate of drug-likeness (QED) is 0.603. The lowest BCUT2D eigenvalue weighted by molar-refractivity contribution is -0.116. The van der Waals surface area contributed by atoms with Crippen molar-refractivity contribution < 1.29 is 22.7 Å². The van der Waals surface area contributed by atoms with Gasteiger partial charge in [0.25, 0.3) is 0 Å². The van der Waals surface area contributed by atoms with Crippen LogP contribution in [-0.2, 0) is 26.7 Å². The molecule has 0 saturated carbocycles. The molecule has 0 aromatic heterocycles. The fourth-order valence-corrected chi connectivity index (χ4v) is 5.34. The summed E-state index contributed by atoms with van der Waals surface area (Å²) >= 11 is 0. The first-order valence-electron chi connectivity index (χ1n) is 10.5. The van der Waals surface area contributed by atoms with Crippen molar-refractivity contribution in [3.63, 3.8) is 0 Å². The predicted octanol–water partition coefficient (Wildman–Crippen LogP) is 5.19. The van der Waals surface area contributed by atoms with Gasteiger partial charge in [0.2, 0.25) is 0 Å². The molecule has 170 valence electrons. The first-order valence-corrected chi connectivity index (χ1v) is 12.2. The smallest absolute Gasteiger partial charge is 0.185 e. The Hall–Kier alpha value is -2.05. The molecule has 0 saturated heterocycles. The molecule has 2 rings (SSSR count). The molecule has 0 atom stereocenters. The highest BCUT2D eigenvalue weighted by Crippen LogP contribution is 2.30. The number of hydrogen-bond acceptors (Lipinski definition) is 4. The molecular weight excluding hydrogens is 415 g/mol. The maximum Gasteiger partial charge on any atom is 0.185 e. The van der Waals surface area contributed by atoms with Gasteiger partial charge < -0.3 is 5.11 Å². The summed E-state index contributed by atoms with van der Waals surface area (Å²) in [7, 11) is -3.85. The molecule has 6 heteroatoms. The third-order valence-corrected chi connectivity index (χ3v) is 7.30. The summed E-state index contributed by atoms with van der Waals surface area (Å²) in [6.07, 6.45) is -0.0542. The Morgan fingerprint density at radius 2 is 1.55 bits per heavy atom. The Morgan fingerprint density at radius 3 is 1.97 bits per heavy atom. The summed E-state index contributed by atoms with van der Waals surface area (Å²) in [6, 6.07) is 7.52. The summed E-state index contributed by atoms with van der Waals surface area (Å²) in [5, 5.41) is 10.1. The molecule has 2 aromatic rings. The van der Waals surface area contributed by atoms with Gasteiger partial charge in [-0.05, 0) is 78.6 Å². The number of sulfone groups is 1. The number of Topliss-reactive ketones (excluding diaryl/α,β-unsaturated/α-hetero) is 1. The zero-order valence-electron chi connectivity index (χ0n) is 19.4. The van der Waals surface area contributed by atoms with Crippen molar-refractivity contribution >= 4 is 15.6 Å². The average molecular weight is 449 g/mol. The normalized spacial score (nSPS) is 12.6. The molecule has 4 nitrogen and oxygen atoms in total. The van der Waals surface area contributed by atoms with Crippen molar-refractivity contribution in [3.05, 3.63) is 64.0 Å². The second-order valence-electron chi connectivity index (χ2n) is 9.39. The van der Waals surface area contributed by atoms with E-state index in [2.05, 4.69) is 0 Å². The molecule has 0 heterocycles. The lowest BCUT2D eigenvalue weighted by Gasteiger charge is -2.20. The van der Waals surface area contributed by atoms with Gasteiger partial charge in [-0.25, -0.2) is 12.8 Å². The summed E-state index contributed by atoms with van der Waals surface area (Å²) in [5.74, 6) is -1.39. The highest BCUT2D eigenvalue weighted by atomic mass is 32.2. The van der Waals surface area contributed by atoms with E-state index < -0.39 is 27.0 Å². The summed E-state index contributed by atoms with van der Waals surface area (Å²) < 4.78 is 40.0. The number of benzene rings is 2. The van der Waals surface area contributed by atoms with Gasteiger partial charge >= 0.3 is 0 Å². The monoisotopic (exact) mass is 448 g/mol. The summed E-state index contributed by atoms with van der Waals surface area (Å²) in [6.45, 7) is 12.6. The maximum atomic E-state index is 14.1. The molecule has 0 bridgehead atoms. The molecule has 31 heavy (non-hydrogen) atoms. The third-order valence-electron chi connectivity index (χ3n) is 5.47. The molecule has 0 unspecified atom stereocenters. The van der Waals surface area contributed by atoms with E-state index in [9.17, 15) is 22.7 Å². The first-order chi connectivity index (χ1) is 14.1. The van der Waals surface area contributed by atoms with Crippen LogP contribution in [0, 0.1) is 12.7 Å². The Morgan fingerprint density at radius 1 is 1.03 bits per heavy atom. The van der Waals surface area contributed by atoms with Crippen molar-refractivity contribution in [3.8, 4) is 0 Å². The summed E-state index contributed by atoms with van der Waals surface area (Å²) in [4.78, 5) is 12.9. The number of rotatable bonds is 8. The van der Waals surface area contributed by atoms with Crippen LogP contribution in [0.25, 0.3) is 0 Å². The number of carbonyl (C=O) groups is 1. The molecule has 0 spiro atoms. The van der Waals surface area contributed by atoms with Crippen LogP contribution in [0.4, 0.5) is 4.39 Å². The van der Waals surface area contributed by atoms with E-state index in [-0.39, 0.29) is 29.0 Å². The maximum absolute atomic E-state index is 14.1. The Balaban J connectivity index is 2.37. The molecule has 2 aromatic carbocycles. The Kier molecular flexibility index (Phi) is 7.49. The highest BCUT2D eigenvalue weighted by molar-refractivity contribution is 7.92. The molecule has 0 aliphatic rings. The molecular formula is C25H33FO4S. The first kappa shape index (κ1) is 25.2. The number of hydrogen-bond donors (Lipinski definition) is 1. The van der Waals surface area contributed by atoms with E-state index in [4.69, 9.17) is 0 Å². The van der Waals surface area contributed by atoms with Crippen molar-refractivity contribution in [2.75, 3.05) is 5.75 Å². The molecule has 0 fully saturated rings. The van der Waals surface area contributed by atoms with Gasteiger partial charge in [0, 0.05) is 6.42 Å². The minimum Gasteiger partial charge on any atom is -0.386 e. The lowest BCUT2D eigenvalue weighted by atomic mass is 9.86. The van der Waals surface area contributed by atoms with Gasteiger partial charge in [-0.15, -0.1) is 0 Å². The van der Waals surface area contributed by atoms with Crippen LogP contribution in [0.5, 0.6) is 0 Å². The van der Waals surface area contributed by atoms with Gasteiger partial charge in [-0.2, -0.15) is 0 Å². The van der Waals surface area contributed by atoms with Crippen molar-refractivity contribution in [2.45, 2.75) is 77.2 Å². The average Bonchev–Trinajstić information content (AvgIpc) is 2.60. The molecule has 0 aliphatic heterocycles. The van der Waals surface area contributed by atoms with E-state index in [0.717, 1.165) is 16.7 Å². The van der Waals surface area contributed by atoms with Gasteiger partial charge in [-0.3, -0.25) is 4.79 Å². The third kappa shape index (κ3) is 6.01. The molecule has 0 aliphatic carbocycles. The van der Waals surface area contributed by atoms with E-state index in [1.54, 1.807) is 32.9 Å². The number of aliphatic hydroxyl groups is 1. The van der Waals surface area contributed by atoms with Gasteiger partial charge in [0.05, 0.1) is 10.5 Å².